The largest absolute Gasteiger partial charge is 0.355 e. The van der Waals surface area contributed by atoms with Crippen LogP contribution >= 0.6 is 0 Å². The Morgan fingerprint density at radius 1 is 0.773 bits per heavy atom. The number of fused-ring (bicyclic) bond motifs is 3. The van der Waals surface area contributed by atoms with Crippen molar-refractivity contribution in [1.82, 2.24) is 4.98 Å². The summed E-state index contributed by atoms with van der Waals surface area (Å²) in [6.07, 6.45) is 2.83. The van der Waals surface area contributed by atoms with Gasteiger partial charge in [0.15, 0.2) is 0 Å². The summed E-state index contributed by atoms with van der Waals surface area (Å²) in [4.78, 5) is 8.03. The zero-order valence-electron chi connectivity index (χ0n) is 12.2. The van der Waals surface area contributed by atoms with Crippen LogP contribution in [0.5, 0.6) is 0 Å². The Kier molecular flexibility index (Phi) is 3.20. The third-order valence-corrected chi connectivity index (χ3v) is 3.90. The van der Waals surface area contributed by atoms with Gasteiger partial charge in [-0.15, -0.1) is 0 Å². The Morgan fingerprint density at radius 3 is 2.45 bits per heavy atom. The van der Waals surface area contributed by atoms with Gasteiger partial charge in [-0.25, -0.2) is 0 Å². The molecule has 0 atom stereocenters. The molecule has 2 heteroatoms. The van der Waals surface area contributed by atoms with Gasteiger partial charge in [-0.3, -0.25) is 4.99 Å². The lowest BCUT2D eigenvalue weighted by Gasteiger charge is -1.97. The number of benzene rings is 3. The van der Waals surface area contributed by atoms with E-state index >= 15 is 0 Å². The predicted molar refractivity (Wildman–Crippen MR) is 94.1 cm³/mol. The first kappa shape index (κ1) is 12.8. The highest BCUT2D eigenvalue weighted by molar-refractivity contribution is 6.08. The van der Waals surface area contributed by atoms with Crippen molar-refractivity contribution in [2.45, 2.75) is 6.42 Å². The molecule has 0 spiro atoms. The van der Waals surface area contributed by atoms with Gasteiger partial charge in [0, 0.05) is 34.4 Å². The van der Waals surface area contributed by atoms with E-state index in [4.69, 9.17) is 0 Å². The quantitative estimate of drug-likeness (QED) is 0.497. The summed E-state index contributed by atoms with van der Waals surface area (Å²) >= 11 is 0. The van der Waals surface area contributed by atoms with E-state index in [0.29, 0.717) is 0 Å². The van der Waals surface area contributed by atoms with E-state index in [9.17, 15) is 0 Å². The third kappa shape index (κ3) is 2.40. The van der Waals surface area contributed by atoms with Crippen LogP contribution in [0.2, 0.25) is 0 Å². The van der Waals surface area contributed by atoms with Gasteiger partial charge >= 0.3 is 0 Å². The molecule has 0 unspecified atom stereocenters. The number of nitrogens with one attached hydrogen (secondary N) is 1. The van der Waals surface area contributed by atoms with E-state index < -0.39 is 0 Å². The maximum atomic E-state index is 4.60. The molecule has 3 aromatic carbocycles. The fourth-order valence-corrected chi connectivity index (χ4v) is 2.79. The molecule has 4 rings (SSSR count). The number of nitrogens with zero attached hydrogens (tertiary/aromatic N) is 1. The smallest absolute Gasteiger partial charge is 0.0633 e. The van der Waals surface area contributed by atoms with Crippen molar-refractivity contribution in [3.8, 4) is 0 Å². The van der Waals surface area contributed by atoms with Gasteiger partial charge in [0.1, 0.15) is 0 Å². The molecule has 22 heavy (non-hydrogen) atoms. The first-order valence-electron chi connectivity index (χ1n) is 7.47. The van der Waals surface area contributed by atoms with Crippen molar-refractivity contribution in [1.29, 1.82) is 0 Å². The summed E-state index contributed by atoms with van der Waals surface area (Å²) in [5, 5.41) is 2.47. The van der Waals surface area contributed by atoms with Crippen LogP contribution in [0.3, 0.4) is 0 Å². The zero-order chi connectivity index (χ0) is 14.8. The van der Waals surface area contributed by atoms with E-state index in [1.165, 1.54) is 21.9 Å². The standard InChI is InChI=1S/C20H16N2/c1-2-6-15(7-3-1)12-13-21-16-10-11-20-18(14-16)17-8-4-5-9-19(17)22-20/h1-11,13-14,22H,12H2. The molecule has 106 valence electrons. The normalized spacial score (nSPS) is 11.6. The average molecular weight is 284 g/mol. The first-order chi connectivity index (χ1) is 10.9. The molecule has 2 nitrogen and oxygen atoms in total. The molecular weight excluding hydrogens is 268 g/mol. The van der Waals surface area contributed by atoms with Gasteiger partial charge in [0.25, 0.3) is 0 Å². The number of H-pyrrole nitrogens is 1. The van der Waals surface area contributed by atoms with Gasteiger partial charge in [0.2, 0.25) is 0 Å². The highest BCUT2D eigenvalue weighted by Crippen LogP contribution is 2.28. The Bertz CT molecular complexity index is 949. The molecule has 1 heterocycles. The summed E-state index contributed by atoms with van der Waals surface area (Å²) < 4.78 is 0. The molecule has 0 saturated heterocycles. The van der Waals surface area contributed by atoms with Gasteiger partial charge < -0.3 is 4.98 Å². The van der Waals surface area contributed by atoms with Gasteiger partial charge in [-0.2, -0.15) is 0 Å². The molecule has 4 aromatic rings. The Hall–Kier alpha value is -2.87. The monoisotopic (exact) mass is 284 g/mol. The first-order valence-corrected chi connectivity index (χ1v) is 7.47. The SMILES string of the molecule is C(Cc1ccccc1)=Nc1ccc2[nH]c3ccccc3c2c1. The van der Waals surface area contributed by atoms with Crippen molar-refractivity contribution in [3.63, 3.8) is 0 Å². The van der Waals surface area contributed by atoms with Crippen molar-refractivity contribution in [3.05, 3.63) is 78.4 Å². The fraction of sp³-hybridized carbons (Fsp3) is 0.0500. The van der Waals surface area contributed by atoms with E-state index in [0.717, 1.165) is 17.6 Å². The minimum atomic E-state index is 0.854. The number of hydrogen-bond donors (Lipinski definition) is 1. The molecule has 0 aliphatic rings. The lowest BCUT2D eigenvalue weighted by molar-refractivity contribution is 1.35. The minimum Gasteiger partial charge on any atom is -0.355 e. The number of aromatic nitrogens is 1. The van der Waals surface area contributed by atoms with E-state index in [2.05, 4.69) is 76.7 Å². The van der Waals surface area contributed by atoms with Crippen molar-refractivity contribution >= 4 is 33.7 Å². The third-order valence-electron chi connectivity index (χ3n) is 3.90. The molecule has 0 bridgehead atoms. The lowest BCUT2D eigenvalue weighted by Crippen LogP contribution is -1.84. The maximum absolute atomic E-state index is 4.60. The van der Waals surface area contributed by atoms with E-state index in [1.807, 2.05) is 12.3 Å². The lowest BCUT2D eigenvalue weighted by atomic mass is 10.1. The number of rotatable bonds is 3. The second-order valence-corrected chi connectivity index (χ2v) is 5.40. The van der Waals surface area contributed by atoms with Crippen molar-refractivity contribution in [2.24, 2.45) is 4.99 Å². The van der Waals surface area contributed by atoms with Crippen LogP contribution in [0.25, 0.3) is 21.8 Å². The van der Waals surface area contributed by atoms with Gasteiger partial charge in [-0.05, 0) is 29.8 Å². The van der Waals surface area contributed by atoms with Crippen molar-refractivity contribution in [2.75, 3.05) is 0 Å². The maximum Gasteiger partial charge on any atom is 0.0633 e. The van der Waals surface area contributed by atoms with Crippen LogP contribution in [0.1, 0.15) is 5.56 Å². The molecule has 0 saturated carbocycles. The fourth-order valence-electron chi connectivity index (χ4n) is 2.79. The van der Waals surface area contributed by atoms with Gasteiger partial charge in [-0.1, -0.05) is 48.5 Å². The van der Waals surface area contributed by atoms with Crippen LogP contribution in [-0.4, -0.2) is 11.2 Å². The minimum absolute atomic E-state index is 0.854. The summed E-state index contributed by atoms with van der Waals surface area (Å²) in [7, 11) is 0. The molecule has 0 radical (unpaired) electrons. The summed E-state index contributed by atoms with van der Waals surface area (Å²) in [5.74, 6) is 0. The zero-order valence-corrected chi connectivity index (χ0v) is 12.2. The average Bonchev–Trinajstić information content (AvgIpc) is 2.94. The second kappa shape index (κ2) is 5.49. The van der Waals surface area contributed by atoms with Gasteiger partial charge in [0.05, 0.1) is 5.69 Å². The van der Waals surface area contributed by atoms with Crippen LogP contribution in [0.4, 0.5) is 5.69 Å². The molecule has 0 aliphatic heterocycles. The molecule has 0 amide bonds. The number of hydrogen-bond acceptors (Lipinski definition) is 1. The van der Waals surface area contributed by atoms with Crippen LogP contribution < -0.4 is 0 Å². The number of aliphatic imine (C=N–C) groups is 1. The second-order valence-electron chi connectivity index (χ2n) is 5.40. The van der Waals surface area contributed by atoms with E-state index in [1.54, 1.807) is 0 Å². The van der Waals surface area contributed by atoms with Crippen LogP contribution in [-0.2, 0) is 6.42 Å². The number of aromatic amines is 1. The summed E-state index contributed by atoms with van der Waals surface area (Å²) in [6.45, 7) is 0. The van der Waals surface area contributed by atoms with Crippen LogP contribution in [0, 0.1) is 0 Å². The topological polar surface area (TPSA) is 28.1 Å². The Morgan fingerprint density at radius 2 is 1.55 bits per heavy atom. The Balaban J connectivity index is 1.66. The van der Waals surface area contributed by atoms with Crippen molar-refractivity contribution < 1.29 is 0 Å². The molecule has 0 fully saturated rings. The molecular formula is C20H16N2. The summed E-state index contributed by atoms with van der Waals surface area (Å²) in [5.41, 5.74) is 4.60. The molecule has 1 aromatic heterocycles. The van der Waals surface area contributed by atoms with Crippen LogP contribution in [0.15, 0.2) is 77.8 Å². The predicted octanol–water partition coefficient (Wildman–Crippen LogP) is 5.27. The highest BCUT2D eigenvalue weighted by atomic mass is 14.7. The molecule has 0 aliphatic carbocycles. The Labute approximate surface area is 129 Å². The highest BCUT2D eigenvalue weighted by Gasteiger charge is 2.03. The number of para-hydroxylation sites is 1. The molecule has 1 N–H and O–H groups in total. The van der Waals surface area contributed by atoms with E-state index in [-0.39, 0.29) is 0 Å². The summed E-state index contributed by atoms with van der Waals surface area (Å²) in [6, 6.07) is 25.1.